The molecule has 1 atom stereocenters. The van der Waals surface area contributed by atoms with Crippen molar-refractivity contribution in [1.29, 1.82) is 0 Å². The van der Waals surface area contributed by atoms with E-state index in [2.05, 4.69) is 0 Å². The van der Waals surface area contributed by atoms with E-state index >= 15 is 0 Å². The molecule has 12 heteroatoms. The molecule has 0 aromatic rings. The van der Waals surface area contributed by atoms with E-state index in [1.807, 2.05) is 0 Å². The van der Waals surface area contributed by atoms with Crippen molar-refractivity contribution in [1.82, 2.24) is 0 Å². The number of carbonyl (C=O) groups is 1. The summed E-state index contributed by atoms with van der Waals surface area (Å²) in [6, 6.07) is 0. The fourth-order valence-corrected chi connectivity index (χ4v) is 6.40. The Morgan fingerprint density at radius 2 is 1.56 bits per heavy atom. The van der Waals surface area contributed by atoms with E-state index in [1.54, 1.807) is 0 Å². The van der Waals surface area contributed by atoms with Gasteiger partial charge in [0.05, 0.1) is 0 Å². The molecule has 0 spiro atoms. The molecule has 18 heavy (non-hydrogen) atoms. The first-order chi connectivity index (χ1) is 6.78. The van der Waals surface area contributed by atoms with Gasteiger partial charge in [-0.3, -0.25) is 9.36 Å². The van der Waals surface area contributed by atoms with Crippen molar-refractivity contribution in [2.45, 2.75) is 30.9 Å². The van der Waals surface area contributed by atoms with Gasteiger partial charge in [0.1, 0.15) is 5.40 Å². The molecule has 0 heterocycles. The minimum Gasteiger partial charge on any atom is -0.810 e. The van der Waals surface area contributed by atoms with Gasteiger partial charge < -0.3 is 24.1 Å². The van der Waals surface area contributed by atoms with Crippen LogP contribution in [0.2, 0.25) is 0 Å². The summed E-state index contributed by atoms with van der Waals surface area (Å²) in [5, 5.41) is -2.95. The monoisotopic (exact) mass is 336 g/mol. The minimum atomic E-state index is -5.51. The van der Waals surface area contributed by atoms with Gasteiger partial charge in [0.2, 0.25) is 0 Å². The standard InChI is InChI=1S/C6H14O7P2S.2Na/c1-4(7)16-6(2,3)5(14(8,9)10)15(11,12)13;;/h5H,1-3H3,(H2,8,9,10)(H2,11,12,13);;/q;2*+1/p-2. The van der Waals surface area contributed by atoms with E-state index < -0.39 is 30.5 Å². The predicted octanol–water partition coefficient (Wildman–Crippen LogP) is -6.53. The van der Waals surface area contributed by atoms with E-state index in [9.17, 15) is 23.7 Å². The van der Waals surface area contributed by atoms with Crippen LogP contribution in [0.1, 0.15) is 20.8 Å². The summed E-state index contributed by atoms with van der Waals surface area (Å²) in [5.74, 6) is 0. The molecule has 0 radical (unpaired) electrons. The zero-order valence-corrected chi connectivity index (χ0v) is 17.4. The maximum absolute atomic E-state index is 11.0. The Balaban J connectivity index is -0.00000112. The number of hydrogen-bond donors (Lipinski definition) is 2. The summed E-state index contributed by atoms with van der Waals surface area (Å²) >= 11 is 0.415. The predicted molar refractivity (Wildman–Crippen MR) is 55.8 cm³/mol. The van der Waals surface area contributed by atoms with Gasteiger partial charge in [0, 0.05) is 11.7 Å². The van der Waals surface area contributed by atoms with Crippen molar-refractivity contribution >= 4 is 32.1 Å². The summed E-state index contributed by atoms with van der Waals surface area (Å²) in [6.07, 6.45) is 0. The molecule has 0 rings (SSSR count). The van der Waals surface area contributed by atoms with Crippen molar-refractivity contribution < 1.29 is 92.6 Å². The molecule has 0 aliphatic rings. The second-order valence-corrected chi connectivity index (χ2v) is 9.23. The Morgan fingerprint density at radius 3 is 1.72 bits per heavy atom. The Kier molecular flexibility index (Phi) is 12.2. The van der Waals surface area contributed by atoms with Gasteiger partial charge in [0.25, 0.3) is 0 Å². The normalized spacial score (nSPS) is 14.2. The van der Waals surface area contributed by atoms with Crippen LogP contribution in [-0.2, 0) is 13.9 Å². The number of thioether (sulfide) groups is 1. The van der Waals surface area contributed by atoms with E-state index in [-0.39, 0.29) is 59.1 Å². The molecule has 0 aromatic heterocycles. The minimum absolute atomic E-state index is 0. The molecule has 1 unspecified atom stereocenters. The molecule has 0 aromatic carbocycles. The largest absolute Gasteiger partial charge is 1.00 e. The second-order valence-electron chi connectivity index (χ2n) is 3.70. The van der Waals surface area contributed by atoms with Crippen molar-refractivity contribution in [3.8, 4) is 0 Å². The third kappa shape index (κ3) is 8.57. The molecule has 0 amide bonds. The van der Waals surface area contributed by atoms with Crippen LogP contribution in [0.5, 0.6) is 0 Å². The van der Waals surface area contributed by atoms with Gasteiger partial charge in [-0.05, 0) is 13.8 Å². The number of hydrogen-bond acceptors (Lipinski definition) is 6. The van der Waals surface area contributed by atoms with E-state index in [4.69, 9.17) is 9.79 Å². The number of carbonyl (C=O) groups excluding carboxylic acids is 1. The third-order valence-corrected chi connectivity index (χ3v) is 7.32. The SMILES string of the molecule is CC(=O)SC(C)(C)C(P(=O)([O-])[O-])P(=O)(O)O.[Na+].[Na+]. The molecular formula is C6H12Na2O7P2S. The fourth-order valence-electron chi connectivity index (χ4n) is 1.39. The average molecular weight is 336 g/mol. The molecule has 0 saturated heterocycles. The summed E-state index contributed by atoms with van der Waals surface area (Å²) in [6.45, 7) is 3.38. The Morgan fingerprint density at radius 1 is 1.22 bits per heavy atom. The summed E-state index contributed by atoms with van der Waals surface area (Å²) in [4.78, 5) is 50.3. The molecule has 0 fully saturated rings. The zero-order valence-electron chi connectivity index (χ0n) is 10.8. The van der Waals surface area contributed by atoms with Crippen LogP contribution in [0.3, 0.4) is 0 Å². The molecule has 0 saturated carbocycles. The topological polar surface area (TPSA) is 138 Å². The molecule has 0 bridgehead atoms. The molecule has 0 aliphatic heterocycles. The van der Waals surface area contributed by atoms with Crippen LogP contribution in [0.25, 0.3) is 0 Å². The third-order valence-electron chi connectivity index (χ3n) is 1.65. The molecule has 0 aliphatic carbocycles. The van der Waals surface area contributed by atoms with Gasteiger partial charge in [-0.1, -0.05) is 19.4 Å². The van der Waals surface area contributed by atoms with Crippen LogP contribution in [0.4, 0.5) is 0 Å². The smallest absolute Gasteiger partial charge is 0.810 e. The first kappa shape index (κ1) is 25.3. The summed E-state index contributed by atoms with van der Waals surface area (Å²) in [7, 11) is -10.6. The zero-order chi connectivity index (χ0) is 13.4. The van der Waals surface area contributed by atoms with Gasteiger partial charge >= 0.3 is 66.7 Å². The van der Waals surface area contributed by atoms with Crippen LogP contribution >= 0.6 is 27.0 Å². The van der Waals surface area contributed by atoms with Gasteiger partial charge in [0.15, 0.2) is 5.12 Å². The molecule has 96 valence electrons. The van der Waals surface area contributed by atoms with Crippen LogP contribution < -0.4 is 68.9 Å². The van der Waals surface area contributed by atoms with Crippen LogP contribution in [-0.4, -0.2) is 25.0 Å². The first-order valence-electron chi connectivity index (χ1n) is 4.05. The van der Waals surface area contributed by atoms with Crippen molar-refractivity contribution in [2.75, 3.05) is 0 Å². The fraction of sp³-hybridized carbons (Fsp3) is 0.833. The van der Waals surface area contributed by atoms with E-state index in [1.165, 1.54) is 0 Å². The van der Waals surface area contributed by atoms with Gasteiger partial charge in [-0.2, -0.15) is 0 Å². The maximum atomic E-state index is 11.0. The average Bonchev–Trinajstić information content (AvgIpc) is 1.70. The summed E-state index contributed by atoms with van der Waals surface area (Å²) in [5.41, 5.74) is 0. The van der Waals surface area contributed by atoms with E-state index in [0.717, 1.165) is 20.8 Å². The Hall–Kier alpha value is 2.32. The number of rotatable bonds is 4. The maximum Gasteiger partial charge on any atom is 1.00 e. The van der Waals surface area contributed by atoms with Gasteiger partial charge in [-0.15, -0.1) is 0 Å². The molecule has 7 nitrogen and oxygen atoms in total. The quantitative estimate of drug-likeness (QED) is 0.382. The van der Waals surface area contributed by atoms with Gasteiger partial charge in [-0.25, -0.2) is 0 Å². The summed E-state index contributed by atoms with van der Waals surface area (Å²) < 4.78 is 20.2. The van der Waals surface area contributed by atoms with Crippen molar-refractivity contribution in [3.63, 3.8) is 0 Å². The van der Waals surface area contributed by atoms with Crippen LogP contribution in [0.15, 0.2) is 0 Å². The Labute approximate surface area is 154 Å². The molecular weight excluding hydrogens is 324 g/mol. The van der Waals surface area contributed by atoms with E-state index in [0.29, 0.717) is 11.8 Å². The first-order valence-corrected chi connectivity index (χ1v) is 8.16. The van der Waals surface area contributed by atoms with Crippen LogP contribution in [0, 0.1) is 0 Å². The molecule has 2 N–H and O–H groups in total. The Bertz CT molecular complexity index is 354. The second kappa shape index (κ2) is 8.69. The van der Waals surface area contributed by atoms with Crippen molar-refractivity contribution in [2.24, 2.45) is 0 Å². The van der Waals surface area contributed by atoms with Crippen molar-refractivity contribution in [3.05, 3.63) is 0 Å².